The van der Waals surface area contributed by atoms with Gasteiger partial charge in [-0.3, -0.25) is 4.90 Å². The van der Waals surface area contributed by atoms with Gasteiger partial charge in [-0.15, -0.1) is 0 Å². The summed E-state index contributed by atoms with van der Waals surface area (Å²) in [6.45, 7) is 6.75. The standard InChI is InChI=1S/C26H29NO/c1-3-27(21-17-23-15-18-26(2,28)19-16-23)20-7-8-22-11-13-25(14-12-22)24-9-5-4-6-10-24/h4-6,9-16,18,28H,3,17,19-21H2,1-2H3. The molecule has 28 heavy (non-hydrogen) atoms. The van der Waals surface area contributed by atoms with Crippen LogP contribution in [0.1, 0.15) is 32.3 Å². The van der Waals surface area contributed by atoms with Crippen LogP contribution in [0.2, 0.25) is 0 Å². The molecule has 0 saturated heterocycles. The second kappa shape index (κ2) is 9.55. The molecule has 2 heteroatoms. The monoisotopic (exact) mass is 371 g/mol. The minimum atomic E-state index is -0.685. The van der Waals surface area contributed by atoms with Gasteiger partial charge in [0.25, 0.3) is 0 Å². The van der Waals surface area contributed by atoms with Gasteiger partial charge in [0.2, 0.25) is 0 Å². The van der Waals surface area contributed by atoms with Crippen LogP contribution in [-0.4, -0.2) is 35.2 Å². The highest BCUT2D eigenvalue weighted by molar-refractivity contribution is 5.64. The van der Waals surface area contributed by atoms with E-state index >= 15 is 0 Å². The van der Waals surface area contributed by atoms with Gasteiger partial charge >= 0.3 is 0 Å². The maximum absolute atomic E-state index is 9.96. The Morgan fingerprint density at radius 1 is 1.04 bits per heavy atom. The zero-order valence-corrected chi connectivity index (χ0v) is 16.9. The molecule has 0 aliphatic heterocycles. The van der Waals surface area contributed by atoms with Gasteiger partial charge in [-0.2, -0.15) is 0 Å². The lowest BCUT2D eigenvalue weighted by Crippen LogP contribution is -2.26. The van der Waals surface area contributed by atoms with Gasteiger partial charge in [0.1, 0.15) is 0 Å². The molecule has 0 heterocycles. The number of aliphatic hydroxyl groups is 1. The predicted octanol–water partition coefficient (Wildman–Crippen LogP) is 5.05. The second-order valence-corrected chi connectivity index (χ2v) is 7.54. The average Bonchev–Trinajstić information content (AvgIpc) is 2.72. The molecule has 0 spiro atoms. The molecule has 1 aliphatic carbocycles. The normalized spacial score (nSPS) is 18.5. The van der Waals surface area contributed by atoms with Crippen molar-refractivity contribution in [1.82, 2.24) is 4.90 Å². The Morgan fingerprint density at radius 2 is 1.75 bits per heavy atom. The molecular formula is C26H29NO. The van der Waals surface area contributed by atoms with Gasteiger partial charge in [-0.1, -0.05) is 85.0 Å². The maximum Gasteiger partial charge on any atom is 0.0837 e. The van der Waals surface area contributed by atoms with E-state index in [0.717, 1.165) is 31.6 Å². The van der Waals surface area contributed by atoms with Gasteiger partial charge < -0.3 is 5.11 Å². The second-order valence-electron chi connectivity index (χ2n) is 7.54. The Hall–Kier alpha value is -2.60. The number of hydrogen-bond donors (Lipinski definition) is 1. The summed E-state index contributed by atoms with van der Waals surface area (Å²) in [7, 11) is 0. The minimum absolute atomic E-state index is 0.685. The van der Waals surface area contributed by atoms with Crippen LogP contribution in [0.15, 0.2) is 78.4 Å². The molecule has 1 aliphatic rings. The van der Waals surface area contributed by atoms with Crippen molar-refractivity contribution in [2.45, 2.75) is 32.3 Å². The third-order valence-corrected chi connectivity index (χ3v) is 5.13. The van der Waals surface area contributed by atoms with Gasteiger partial charge in [0.05, 0.1) is 12.1 Å². The fourth-order valence-electron chi connectivity index (χ4n) is 3.21. The lowest BCUT2D eigenvalue weighted by molar-refractivity contribution is 0.113. The molecule has 0 amide bonds. The number of allylic oxidation sites excluding steroid dienone is 1. The fourth-order valence-corrected chi connectivity index (χ4v) is 3.21. The zero-order valence-electron chi connectivity index (χ0n) is 16.9. The van der Waals surface area contributed by atoms with Crippen LogP contribution in [0.5, 0.6) is 0 Å². The van der Waals surface area contributed by atoms with E-state index in [4.69, 9.17) is 0 Å². The maximum atomic E-state index is 9.96. The van der Waals surface area contributed by atoms with E-state index in [0.29, 0.717) is 6.42 Å². The van der Waals surface area contributed by atoms with Gasteiger partial charge in [0, 0.05) is 12.1 Å². The number of hydrogen-bond acceptors (Lipinski definition) is 2. The van der Waals surface area contributed by atoms with Gasteiger partial charge in [0.15, 0.2) is 0 Å². The largest absolute Gasteiger partial charge is 0.386 e. The van der Waals surface area contributed by atoms with E-state index in [9.17, 15) is 5.11 Å². The Balaban J connectivity index is 1.51. The summed E-state index contributed by atoms with van der Waals surface area (Å²) in [5.74, 6) is 6.59. The van der Waals surface area contributed by atoms with Crippen molar-refractivity contribution in [1.29, 1.82) is 0 Å². The molecule has 0 bridgehead atoms. The van der Waals surface area contributed by atoms with Gasteiger partial charge in [-0.05, 0) is 49.6 Å². The summed E-state index contributed by atoms with van der Waals surface area (Å²) in [5.41, 5.74) is 4.11. The van der Waals surface area contributed by atoms with Crippen molar-refractivity contribution >= 4 is 0 Å². The molecule has 0 fully saturated rings. The first kappa shape index (κ1) is 20.1. The lowest BCUT2D eigenvalue weighted by Gasteiger charge is -2.23. The summed E-state index contributed by atoms with van der Waals surface area (Å²) in [5, 5.41) is 9.96. The van der Waals surface area contributed by atoms with Crippen LogP contribution in [0.4, 0.5) is 0 Å². The van der Waals surface area contributed by atoms with Crippen LogP contribution in [-0.2, 0) is 0 Å². The van der Waals surface area contributed by atoms with Crippen molar-refractivity contribution in [2.24, 2.45) is 0 Å². The first-order valence-electron chi connectivity index (χ1n) is 10.0. The number of benzene rings is 2. The molecule has 2 aromatic rings. The van der Waals surface area contributed by atoms with Crippen molar-refractivity contribution in [3.63, 3.8) is 0 Å². The van der Waals surface area contributed by atoms with Crippen molar-refractivity contribution in [2.75, 3.05) is 19.6 Å². The number of rotatable bonds is 6. The average molecular weight is 372 g/mol. The summed E-state index contributed by atoms with van der Waals surface area (Å²) in [6, 6.07) is 18.9. The smallest absolute Gasteiger partial charge is 0.0837 e. The lowest BCUT2D eigenvalue weighted by atomic mass is 9.93. The third-order valence-electron chi connectivity index (χ3n) is 5.13. The molecule has 1 atom stereocenters. The van der Waals surface area contributed by atoms with Crippen molar-refractivity contribution < 1.29 is 5.11 Å². The highest BCUT2D eigenvalue weighted by Gasteiger charge is 2.18. The van der Waals surface area contributed by atoms with Crippen molar-refractivity contribution in [3.8, 4) is 23.0 Å². The van der Waals surface area contributed by atoms with E-state index in [1.807, 2.05) is 19.1 Å². The molecular weight excluding hydrogens is 342 g/mol. The first-order chi connectivity index (χ1) is 13.6. The van der Waals surface area contributed by atoms with Crippen LogP contribution >= 0.6 is 0 Å². The molecule has 144 valence electrons. The molecule has 2 nitrogen and oxygen atoms in total. The third kappa shape index (κ3) is 5.96. The molecule has 1 unspecified atom stereocenters. The fraction of sp³-hybridized carbons (Fsp3) is 0.308. The predicted molar refractivity (Wildman–Crippen MR) is 118 cm³/mol. The molecule has 2 aromatic carbocycles. The highest BCUT2D eigenvalue weighted by Crippen LogP contribution is 2.22. The van der Waals surface area contributed by atoms with E-state index in [1.54, 1.807) is 0 Å². The molecule has 0 aromatic heterocycles. The Morgan fingerprint density at radius 3 is 2.39 bits per heavy atom. The Labute approximate surface area is 169 Å². The van der Waals surface area contributed by atoms with Gasteiger partial charge in [-0.25, -0.2) is 0 Å². The zero-order chi connectivity index (χ0) is 19.8. The van der Waals surface area contributed by atoms with E-state index in [2.05, 4.69) is 84.3 Å². The Bertz CT molecular complexity index is 880. The van der Waals surface area contributed by atoms with Crippen LogP contribution in [0.25, 0.3) is 11.1 Å². The highest BCUT2D eigenvalue weighted by atomic mass is 16.3. The topological polar surface area (TPSA) is 23.5 Å². The summed E-state index contributed by atoms with van der Waals surface area (Å²) in [4.78, 5) is 2.35. The van der Waals surface area contributed by atoms with Crippen LogP contribution in [0.3, 0.4) is 0 Å². The summed E-state index contributed by atoms with van der Waals surface area (Å²) < 4.78 is 0. The van der Waals surface area contributed by atoms with E-state index in [1.165, 1.54) is 16.7 Å². The minimum Gasteiger partial charge on any atom is -0.386 e. The number of nitrogens with zero attached hydrogens (tertiary/aromatic N) is 1. The quantitative estimate of drug-likeness (QED) is 0.718. The first-order valence-corrected chi connectivity index (χ1v) is 10.0. The molecule has 0 saturated carbocycles. The Kier molecular flexibility index (Phi) is 6.87. The summed E-state index contributed by atoms with van der Waals surface area (Å²) in [6.07, 6.45) is 7.79. The van der Waals surface area contributed by atoms with Crippen LogP contribution < -0.4 is 0 Å². The summed E-state index contributed by atoms with van der Waals surface area (Å²) >= 11 is 0. The van der Waals surface area contributed by atoms with E-state index < -0.39 is 5.60 Å². The van der Waals surface area contributed by atoms with Crippen molar-refractivity contribution in [3.05, 3.63) is 84.0 Å². The SMILES string of the molecule is CCN(CC#Cc1ccc(-c2ccccc2)cc1)CCC1=CCC(C)(O)C=C1. The van der Waals surface area contributed by atoms with E-state index in [-0.39, 0.29) is 0 Å². The molecule has 0 radical (unpaired) electrons. The van der Waals surface area contributed by atoms with Crippen LogP contribution in [0, 0.1) is 11.8 Å². The molecule has 3 rings (SSSR count). The molecule has 1 N–H and O–H groups in total.